The quantitative estimate of drug-likeness (QED) is 0.804. The van der Waals surface area contributed by atoms with Gasteiger partial charge in [0.15, 0.2) is 0 Å². The maximum Gasteiger partial charge on any atom is 0.213 e. The standard InChI is InChI=1S/C15H17N3O2S/c1-9(2)14-17-18-11(8-19)13(16-15(18)21-14)10-6-4-5-7-12(10)20-3/h4-7,9,19H,8H2,1-3H3. The van der Waals surface area contributed by atoms with Crippen LogP contribution in [0.4, 0.5) is 0 Å². The Labute approximate surface area is 126 Å². The van der Waals surface area contributed by atoms with Gasteiger partial charge in [-0.15, -0.1) is 0 Å². The fourth-order valence-electron chi connectivity index (χ4n) is 2.24. The summed E-state index contributed by atoms with van der Waals surface area (Å²) in [5.41, 5.74) is 2.29. The smallest absolute Gasteiger partial charge is 0.213 e. The van der Waals surface area contributed by atoms with Crippen molar-refractivity contribution in [2.75, 3.05) is 7.11 Å². The number of ether oxygens (including phenoxy) is 1. The SMILES string of the molecule is COc1ccccc1-c1nc2sc(C(C)C)nn2c1CO. The second-order valence-corrected chi connectivity index (χ2v) is 6.04. The number of fused-ring (bicyclic) bond motifs is 1. The first kappa shape index (κ1) is 14.0. The molecule has 6 heteroatoms. The first-order valence-electron chi connectivity index (χ1n) is 6.78. The number of aromatic nitrogens is 3. The fourth-order valence-corrected chi connectivity index (χ4v) is 3.16. The molecule has 0 amide bonds. The van der Waals surface area contributed by atoms with Gasteiger partial charge in [0.05, 0.1) is 19.4 Å². The average molecular weight is 303 g/mol. The predicted molar refractivity (Wildman–Crippen MR) is 82.9 cm³/mol. The van der Waals surface area contributed by atoms with E-state index in [1.54, 1.807) is 23.0 Å². The molecular formula is C15H17N3O2S. The highest BCUT2D eigenvalue weighted by Crippen LogP contribution is 2.34. The van der Waals surface area contributed by atoms with E-state index in [0.717, 1.165) is 27.0 Å². The van der Waals surface area contributed by atoms with Gasteiger partial charge < -0.3 is 9.84 Å². The third kappa shape index (κ3) is 2.30. The molecule has 3 rings (SSSR count). The summed E-state index contributed by atoms with van der Waals surface area (Å²) in [5, 5.41) is 15.3. The van der Waals surface area contributed by atoms with Crippen molar-refractivity contribution in [3.8, 4) is 17.0 Å². The molecule has 0 bridgehead atoms. The molecule has 5 nitrogen and oxygen atoms in total. The summed E-state index contributed by atoms with van der Waals surface area (Å²) >= 11 is 1.55. The van der Waals surface area contributed by atoms with E-state index in [9.17, 15) is 5.11 Å². The summed E-state index contributed by atoms with van der Waals surface area (Å²) in [7, 11) is 1.63. The van der Waals surface area contributed by atoms with E-state index in [-0.39, 0.29) is 6.61 Å². The van der Waals surface area contributed by atoms with E-state index >= 15 is 0 Å². The topological polar surface area (TPSA) is 59.7 Å². The number of aliphatic hydroxyl groups is 1. The van der Waals surface area contributed by atoms with Gasteiger partial charge in [-0.1, -0.05) is 37.3 Å². The van der Waals surface area contributed by atoms with Gasteiger partial charge in [-0.2, -0.15) is 5.10 Å². The molecule has 0 aliphatic carbocycles. The Morgan fingerprint density at radius 1 is 1.33 bits per heavy atom. The molecule has 0 saturated heterocycles. The lowest BCUT2D eigenvalue weighted by atomic mass is 10.1. The largest absolute Gasteiger partial charge is 0.496 e. The van der Waals surface area contributed by atoms with Gasteiger partial charge in [0.2, 0.25) is 4.96 Å². The van der Waals surface area contributed by atoms with Crippen molar-refractivity contribution in [3.05, 3.63) is 35.0 Å². The van der Waals surface area contributed by atoms with Crippen LogP contribution in [0, 0.1) is 0 Å². The number of para-hydroxylation sites is 1. The monoisotopic (exact) mass is 303 g/mol. The molecule has 2 aromatic heterocycles. The van der Waals surface area contributed by atoms with E-state index in [2.05, 4.69) is 23.9 Å². The zero-order valence-electron chi connectivity index (χ0n) is 12.2. The molecule has 3 aromatic rings. The lowest BCUT2D eigenvalue weighted by molar-refractivity contribution is 0.274. The van der Waals surface area contributed by atoms with Crippen molar-refractivity contribution in [3.63, 3.8) is 0 Å². The third-order valence-corrected chi connectivity index (χ3v) is 4.53. The predicted octanol–water partition coefficient (Wildman–Crippen LogP) is 3.08. The first-order valence-corrected chi connectivity index (χ1v) is 7.60. The van der Waals surface area contributed by atoms with Gasteiger partial charge in [-0.3, -0.25) is 0 Å². The van der Waals surface area contributed by atoms with Crippen LogP contribution in [0.2, 0.25) is 0 Å². The normalized spacial score (nSPS) is 11.5. The van der Waals surface area contributed by atoms with Crippen LogP contribution in [0.5, 0.6) is 5.75 Å². The van der Waals surface area contributed by atoms with Crippen molar-refractivity contribution in [2.45, 2.75) is 26.4 Å². The van der Waals surface area contributed by atoms with Crippen LogP contribution in [0.3, 0.4) is 0 Å². The van der Waals surface area contributed by atoms with Gasteiger partial charge >= 0.3 is 0 Å². The molecule has 2 heterocycles. The number of imidazole rings is 1. The molecule has 0 atom stereocenters. The second kappa shape index (κ2) is 5.46. The van der Waals surface area contributed by atoms with Crippen LogP contribution in [-0.2, 0) is 6.61 Å². The average Bonchev–Trinajstić information content (AvgIpc) is 3.04. The fraction of sp³-hybridized carbons (Fsp3) is 0.333. The molecule has 0 spiro atoms. The Hall–Kier alpha value is -1.92. The molecule has 0 radical (unpaired) electrons. The minimum Gasteiger partial charge on any atom is -0.496 e. The van der Waals surface area contributed by atoms with Gasteiger partial charge in [0, 0.05) is 11.5 Å². The van der Waals surface area contributed by atoms with Gasteiger partial charge in [0.1, 0.15) is 16.5 Å². The van der Waals surface area contributed by atoms with Crippen molar-refractivity contribution >= 4 is 16.3 Å². The summed E-state index contributed by atoms with van der Waals surface area (Å²) in [6, 6.07) is 7.67. The number of rotatable bonds is 4. The molecule has 0 fully saturated rings. The zero-order valence-corrected chi connectivity index (χ0v) is 13.0. The minimum atomic E-state index is -0.115. The number of hydrogen-bond acceptors (Lipinski definition) is 5. The van der Waals surface area contributed by atoms with Crippen molar-refractivity contribution in [1.82, 2.24) is 14.6 Å². The zero-order chi connectivity index (χ0) is 15.0. The Morgan fingerprint density at radius 2 is 2.10 bits per heavy atom. The maximum atomic E-state index is 9.74. The molecule has 1 aromatic carbocycles. The maximum absolute atomic E-state index is 9.74. The van der Waals surface area contributed by atoms with Crippen LogP contribution < -0.4 is 4.74 Å². The highest BCUT2D eigenvalue weighted by atomic mass is 32.1. The molecule has 0 unspecified atom stereocenters. The summed E-state index contributed by atoms with van der Waals surface area (Å²) in [6.07, 6.45) is 0. The number of nitrogens with zero attached hydrogens (tertiary/aromatic N) is 3. The third-order valence-electron chi connectivity index (χ3n) is 3.32. The summed E-state index contributed by atoms with van der Waals surface area (Å²) in [6.45, 7) is 4.08. The van der Waals surface area contributed by atoms with E-state index in [1.165, 1.54) is 0 Å². The molecule has 21 heavy (non-hydrogen) atoms. The van der Waals surface area contributed by atoms with Gasteiger partial charge in [0.25, 0.3) is 0 Å². The van der Waals surface area contributed by atoms with E-state index in [4.69, 9.17) is 4.74 Å². The van der Waals surface area contributed by atoms with E-state index in [1.807, 2.05) is 24.3 Å². The van der Waals surface area contributed by atoms with Crippen LogP contribution in [-0.4, -0.2) is 26.8 Å². The minimum absolute atomic E-state index is 0.115. The second-order valence-electron chi connectivity index (χ2n) is 5.05. The highest BCUT2D eigenvalue weighted by Gasteiger charge is 2.20. The van der Waals surface area contributed by atoms with Gasteiger partial charge in [-0.05, 0) is 12.1 Å². The van der Waals surface area contributed by atoms with Gasteiger partial charge in [-0.25, -0.2) is 9.50 Å². The van der Waals surface area contributed by atoms with Crippen molar-refractivity contribution in [2.24, 2.45) is 0 Å². The molecule has 0 aliphatic heterocycles. The number of hydrogen-bond donors (Lipinski definition) is 1. The lowest BCUT2D eigenvalue weighted by Gasteiger charge is -2.07. The number of methoxy groups -OCH3 is 1. The highest BCUT2D eigenvalue weighted by molar-refractivity contribution is 7.16. The Kier molecular flexibility index (Phi) is 3.65. The summed E-state index contributed by atoms with van der Waals surface area (Å²) in [4.78, 5) is 5.44. The number of benzene rings is 1. The van der Waals surface area contributed by atoms with E-state index in [0.29, 0.717) is 11.6 Å². The Bertz CT molecular complexity index is 776. The summed E-state index contributed by atoms with van der Waals surface area (Å²) < 4.78 is 7.12. The molecule has 110 valence electrons. The van der Waals surface area contributed by atoms with Crippen LogP contribution in [0.1, 0.15) is 30.5 Å². The van der Waals surface area contributed by atoms with Crippen molar-refractivity contribution in [1.29, 1.82) is 0 Å². The van der Waals surface area contributed by atoms with Crippen molar-refractivity contribution < 1.29 is 9.84 Å². The van der Waals surface area contributed by atoms with Crippen LogP contribution in [0.25, 0.3) is 16.2 Å². The van der Waals surface area contributed by atoms with E-state index < -0.39 is 0 Å². The Balaban J connectivity index is 2.21. The first-order chi connectivity index (χ1) is 10.2. The Morgan fingerprint density at radius 3 is 2.76 bits per heavy atom. The molecule has 0 aliphatic rings. The molecule has 1 N–H and O–H groups in total. The summed E-state index contributed by atoms with van der Waals surface area (Å²) in [5.74, 6) is 1.08. The van der Waals surface area contributed by atoms with Crippen LogP contribution >= 0.6 is 11.3 Å². The number of aliphatic hydroxyl groups excluding tert-OH is 1. The van der Waals surface area contributed by atoms with Crippen LogP contribution in [0.15, 0.2) is 24.3 Å². The molecular weight excluding hydrogens is 286 g/mol. The molecule has 0 saturated carbocycles. The lowest BCUT2D eigenvalue weighted by Crippen LogP contribution is -1.98.